The summed E-state index contributed by atoms with van der Waals surface area (Å²) < 4.78 is 44.8. The molecule has 1 rings (SSSR count). The van der Waals surface area contributed by atoms with Crippen molar-refractivity contribution < 1.29 is 27.4 Å². The molecule has 0 radical (unpaired) electrons. The summed E-state index contributed by atoms with van der Waals surface area (Å²) in [6, 6.07) is -0.200. The highest BCUT2D eigenvalue weighted by Gasteiger charge is 2.33. The molecular formula is C9H14F3NO3. The fourth-order valence-electron chi connectivity index (χ4n) is 1.46. The minimum Gasteiger partial charge on any atom is -0.440 e. The molecule has 16 heavy (non-hydrogen) atoms. The van der Waals surface area contributed by atoms with E-state index in [-0.39, 0.29) is 12.6 Å². The van der Waals surface area contributed by atoms with Gasteiger partial charge in [-0.15, -0.1) is 0 Å². The number of amides is 1. The SMILES string of the molecule is CCC1COCCN1C(=O)OCC(F)(F)F. The van der Waals surface area contributed by atoms with Crippen LogP contribution in [-0.2, 0) is 9.47 Å². The summed E-state index contributed by atoms with van der Waals surface area (Å²) in [4.78, 5) is 12.6. The zero-order chi connectivity index (χ0) is 12.2. The Morgan fingerprint density at radius 2 is 2.25 bits per heavy atom. The molecule has 1 saturated heterocycles. The lowest BCUT2D eigenvalue weighted by Crippen LogP contribution is -2.49. The van der Waals surface area contributed by atoms with Gasteiger partial charge in [-0.2, -0.15) is 13.2 Å². The van der Waals surface area contributed by atoms with Crippen LogP contribution in [0.2, 0.25) is 0 Å². The molecular weight excluding hydrogens is 227 g/mol. The van der Waals surface area contributed by atoms with Crippen molar-refractivity contribution in [3.8, 4) is 0 Å². The molecule has 1 atom stereocenters. The van der Waals surface area contributed by atoms with E-state index in [4.69, 9.17) is 4.74 Å². The monoisotopic (exact) mass is 241 g/mol. The van der Waals surface area contributed by atoms with Crippen LogP contribution >= 0.6 is 0 Å². The topological polar surface area (TPSA) is 38.8 Å². The number of carbonyl (C=O) groups excluding carboxylic acids is 1. The Labute approximate surface area is 91.3 Å². The second kappa shape index (κ2) is 5.38. The molecule has 0 aromatic heterocycles. The molecule has 1 aliphatic heterocycles. The predicted molar refractivity (Wildman–Crippen MR) is 49.0 cm³/mol. The first-order valence-electron chi connectivity index (χ1n) is 5.02. The molecule has 0 bridgehead atoms. The fourth-order valence-corrected chi connectivity index (χ4v) is 1.46. The van der Waals surface area contributed by atoms with E-state index >= 15 is 0 Å². The standard InChI is InChI=1S/C9H14F3NO3/c1-2-7-5-15-4-3-13(7)8(14)16-6-9(10,11)12/h7H,2-6H2,1H3. The van der Waals surface area contributed by atoms with Crippen molar-refractivity contribution in [2.45, 2.75) is 25.6 Å². The first-order valence-corrected chi connectivity index (χ1v) is 5.02. The van der Waals surface area contributed by atoms with E-state index < -0.39 is 18.9 Å². The molecule has 0 aromatic rings. The molecule has 1 unspecified atom stereocenters. The maximum atomic E-state index is 11.8. The van der Waals surface area contributed by atoms with E-state index in [1.807, 2.05) is 6.92 Å². The number of morpholine rings is 1. The van der Waals surface area contributed by atoms with Crippen LogP contribution in [-0.4, -0.2) is 49.6 Å². The Morgan fingerprint density at radius 3 is 2.81 bits per heavy atom. The Balaban J connectivity index is 2.45. The van der Waals surface area contributed by atoms with Crippen LogP contribution in [0.25, 0.3) is 0 Å². The molecule has 94 valence electrons. The molecule has 0 aliphatic carbocycles. The summed E-state index contributed by atoms with van der Waals surface area (Å²) in [7, 11) is 0. The van der Waals surface area contributed by atoms with Crippen molar-refractivity contribution in [2.75, 3.05) is 26.4 Å². The summed E-state index contributed by atoms with van der Waals surface area (Å²) in [6.07, 6.45) is -4.78. The highest BCUT2D eigenvalue weighted by molar-refractivity contribution is 5.68. The number of alkyl halides is 3. The summed E-state index contributed by atoms with van der Waals surface area (Å²) >= 11 is 0. The van der Waals surface area contributed by atoms with Gasteiger partial charge in [0.15, 0.2) is 6.61 Å². The highest BCUT2D eigenvalue weighted by Crippen LogP contribution is 2.17. The third-order valence-corrected chi connectivity index (χ3v) is 2.29. The van der Waals surface area contributed by atoms with Gasteiger partial charge in [-0.05, 0) is 6.42 Å². The van der Waals surface area contributed by atoms with Crippen LogP contribution in [0.3, 0.4) is 0 Å². The van der Waals surface area contributed by atoms with Crippen LogP contribution in [0, 0.1) is 0 Å². The zero-order valence-corrected chi connectivity index (χ0v) is 8.92. The average Bonchev–Trinajstić information content (AvgIpc) is 2.25. The van der Waals surface area contributed by atoms with Gasteiger partial charge in [-0.3, -0.25) is 0 Å². The van der Waals surface area contributed by atoms with E-state index in [2.05, 4.69) is 4.74 Å². The van der Waals surface area contributed by atoms with Crippen molar-refractivity contribution in [1.82, 2.24) is 4.90 Å². The van der Waals surface area contributed by atoms with Crippen molar-refractivity contribution in [3.05, 3.63) is 0 Å². The minimum absolute atomic E-state index is 0.200. The maximum absolute atomic E-state index is 11.8. The van der Waals surface area contributed by atoms with Gasteiger partial charge in [0.2, 0.25) is 0 Å². The van der Waals surface area contributed by atoms with Gasteiger partial charge >= 0.3 is 12.3 Å². The molecule has 7 heteroatoms. The molecule has 1 heterocycles. The number of carbonyl (C=O) groups is 1. The van der Waals surface area contributed by atoms with Crippen molar-refractivity contribution in [1.29, 1.82) is 0 Å². The number of ether oxygens (including phenoxy) is 2. The fraction of sp³-hybridized carbons (Fsp3) is 0.889. The number of hydrogen-bond donors (Lipinski definition) is 0. The van der Waals surface area contributed by atoms with Crippen LogP contribution in [0.5, 0.6) is 0 Å². The number of nitrogens with zero attached hydrogens (tertiary/aromatic N) is 1. The van der Waals surface area contributed by atoms with Crippen LogP contribution in [0.4, 0.5) is 18.0 Å². The van der Waals surface area contributed by atoms with E-state index in [9.17, 15) is 18.0 Å². The molecule has 0 N–H and O–H groups in total. The second-order valence-electron chi connectivity index (χ2n) is 3.50. The Hall–Kier alpha value is -0.980. The van der Waals surface area contributed by atoms with Gasteiger partial charge in [0.1, 0.15) is 0 Å². The summed E-state index contributed by atoms with van der Waals surface area (Å²) in [5.41, 5.74) is 0. The summed E-state index contributed by atoms with van der Waals surface area (Å²) in [5, 5.41) is 0. The molecule has 0 saturated carbocycles. The predicted octanol–water partition coefficient (Wildman–Crippen LogP) is 1.80. The van der Waals surface area contributed by atoms with E-state index in [1.54, 1.807) is 0 Å². The molecule has 1 fully saturated rings. The van der Waals surface area contributed by atoms with E-state index in [0.29, 0.717) is 19.6 Å². The van der Waals surface area contributed by atoms with Crippen molar-refractivity contribution in [3.63, 3.8) is 0 Å². The lowest BCUT2D eigenvalue weighted by atomic mass is 10.2. The van der Waals surface area contributed by atoms with E-state index in [1.165, 1.54) is 4.90 Å². The lowest BCUT2D eigenvalue weighted by molar-refractivity contribution is -0.164. The Morgan fingerprint density at radius 1 is 1.56 bits per heavy atom. The van der Waals surface area contributed by atoms with Gasteiger partial charge < -0.3 is 14.4 Å². The third kappa shape index (κ3) is 3.88. The molecule has 4 nitrogen and oxygen atoms in total. The number of halogens is 3. The van der Waals surface area contributed by atoms with Crippen LogP contribution in [0.1, 0.15) is 13.3 Å². The Bertz CT molecular complexity index is 245. The lowest BCUT2D eigenvalue weighted by Gasteiger charge is -2.34. The first kappa shape index (κ1) is 13.1. The summed E-state index contributed by atoms with van der Waals surface area (Å²) in [6.45, 7) is 1.24. The average molecular weight is 241 g/mol. The van der Waals surface area contributed by atoms with Gasteiger partial charge in [0, 0.05) is 6.54 Å². The normalized spacial score (nSPS) is 22.0. The van der Waals surface area contributed by atoms with Crippen LogP contribution < -0.4 is 0 Å². The van der Waals surface area contributed by atoms with Crippen LogP contribution in [0.15, 0.2) is 0 Å². The minimum atomic E-state index is -4.48. The summed E-state index contributed by atoms with van der Waals surface area (Å²) in [5.74, 6) is 0. The van der Waals surface area contributed by atoms with Gasteiger partial charge in [-0.25, -0.2) is 4.79 Å². The second-order valence-corrected chi connectivity index (χ2v) is 3.50. The molecule has 1 aliphatic rings. The molecule has 0 aromatic carbocycles. The zero-order valence-electron chi connectivity index (χ0n) is 8.92. The van der Waals surface area contributed by atoms with E-state index in [0.717, 1.165) is 0 Å². The number of hydrogen-bond acceptors (Lipinski definition) is 3. The number of rotatable bonds is 2. The Kier molecular flexibility index (Phi) is 4.40. The largest absolute Gasteiger partial charge is 0.440 e. The van der Waals surface area contributed by atoms with Gasteiger partial charge in [-0.1, -0.05) is 6.92 Å². The molecule has 0 spiro atoms. The van der Waals surface area contributed by atoms with Crippen molar-refractivity contribution in [2.24, 2.45) is 0 Å². The first-order chi connectivity index (χ1) is 7.44. The smallest absolute Gasteiger partial charge is 0.422 e. The maximum Gasteiger partial charge on any atom is 0.422 e. The van der Waals surface area contributed by atoms with Gasteiger partial charge in [0.05, 0.1) is 19.3 Å². The van der Waals surface area contributed by atoms with Gasteiger partial charge in [0.25, 0.3) is 0 Å². The third-order valence-electron chi connectivity index (χ3n) is 2.29. The van der Waals surface area contributed by atoms with Crippen molar-refractivity contribution >= 4 is 6.09 Å². The highest BCUT2D eigenvalue weighted by atomic mass is 19.4. The molecule has 1 amide bonds. The quantitative estimate of drug-likeness (QED) is 0.740.